The maximum absolute atomic E-state index is 11.2. The van der Waals surface area contributed by atoms with Gasteiger partial charge in [0.1, 0.15) is 11.5 Å². The van der Waals surface area contributed by atoms with Gasteiger partial charge in [0.05, 0.1) is 0 Å². The summed E-state index contributed by atoms with van der Waals surface area (Å²) in [5.41, 5.74) is 1.01. The number of rotatable bonds is 16. The van der Waals surface area contributed by atoms with Crippen molar-refractivity contribution in [2.75, 3.05) is 0 Å². The van der Waals surface area contributed by atoms with Gasteiger partial charge in [0.2, 0.25) is 0 Å². The number of aryl methyl sites for hydroxylation is 1. The van der Waals surface area contributed by atoms with Gasteiger partial charge in [-0.1, -0.05) is 82.4 Å². The van der Waals surface area contributed by atoms with E-state index in [4.69, 9.17) is 9.47 Å². The molecular weight excluding hydrogens is 460 g/mol. The molecule has 208 valence electrons. The Morgan fingerprint density at radius 1 is 0.730 bits per heavy atom. The maximum atomic E-state index is 11.2. The van der Waals surface area contributed by atoms with E-state index >= 15 is 0 Å². The van der Waals surface area contributed by atoms with E-state index in [-0.39, 0.29) is 11.9 Å². The number of hydrogen-bond donors (Lipinski definition) is 0. The molecule has 0 saturated heterocycles. The summed E-state index contributed by atoms with van der Waals surface area (Å²) in [6.45, 7) is 15.9. The summed E-state index contributed by atoms with van der Waals surface area (Å²) in [5.74, 6) is 0.0639. The standard InChI is InChI=1S/C25H36O4.C5H10.C3H6/c1-4-5-6-7-8-9-10-11-12-13-14-15-16-17-23-18-24(28-21(2)26)20-25(19-23)29-22(3)27;1-3-5-4-2;1-3-2/h6-7,9-10,18-20H,4-5,8,11-17H2,1-3H3;3H,1,4-5H2,2H3;3H,1H2,2H3/b7-6-,10-9-;;. The van der Waals surface area contributed by atoms with Crippen LogP contribution < -0.4 is 9.47 Å². The molecule has 0 unspecified atom stereocenters. The van der Waals surface area contributed by atoms with Crippen molar-refractivity contribution in [2.45, 2.75) is 112 Å². The highest BCUT2D eigenvalue weighted by molar-refractivity contribution is 5.71. The van der Waals surface area contributed by atoms with Gasteiger partial charge in [-0.15, -0.1) is 13.2 Å². The monoisotopic (exact) mass is 512 g/mol. The van der Waals surface area contributed by atoms with E-state index in [2.05, 4.69) is 51.3 Å². The van der Waals surface area contributed by atoms with Gasteiger partial charge < -0.3 is 9.47 Å². The molecule has 0 fully saturated rings. The predicted octanol–water partition coefficient (Wildman–Crippen LogP) is 9.89. The SMILES string of the molecule is C=CC.C=CCCC.CCC/C=C\C/C=C\CCCCCCCc1cc(OC(C)=O)cc(OC(C)=O)c1. The number of allylic oxidation sites excluding steroid dienone is 6. The zero-order chi connectivity index (χ0) is 28.2. The number of ether oxygens (including phenoxy) is 2. The van der Waals surface area contributed by atoms with Crippen LogP contribution in [0.1, 0.15) is 111 Å². The highest BCUT2D eigenvalue weighted by atomic mass is 16.5. The Hall–Kier alpha value is -2.88. The van der Waals surface area contributed by atoms with E-state index in [0.29, 0.717) is 11.5 Å². The Balaban J connectivity index is 0. The van der Waals surface area contributed by atoms with E-state index < -0.39 is 0 Å². The van der Waals surface area contributed by atoms with Gasteiger partial charge in [-0.05, 0) is 69.6 Å². The molecule has 1 aromatic carbocycles. The zero-order valence-corrected chi connectivity index (χ0v) is 24.2. The second kappa shape index (κ2) is 27.7. The predicted molar refractivity (Wildman–Crippen MR) is 159 cm³/mol. The maximum Gasteiger partial charge on any atom is 0.308 e. The largest absolute Gasteiger partial charge is 0.427 e. The van der Waals surface area contributed by atoms with Crippen molar-refractivity contribution in [1.29, 1.82) is 0 Å². The summed E-state index contributed by atoms with van der Waals surface area (Å²) < 4.78 is 10.3. The zero-order valence-electron chi connectivity index (χ0n) is 24.2. The fraction of sp³-hybridized carbons (Fsp3) is 0.515. The number of carbonyl (C=O) groups is 2. The Morgan fingerprint density at radius 2 is 1.22 bits per heavy atom. The van der Waals surface area contributed by atoms with E-state index in [1.807, 2.05) is 25.1 Å². The molecule has 0 atom stereocenters. The van der Waals surface area contributed by atoms with Crippen LogP contribution in [-0.4, -0.2) is 11.9 Å². The molecule has 1 aromatic rings. The quantitative estimate of drug-likeness (QED) is 0.0957. The smallest absolute Gasteiger partial charge is 0.308 e. The normalized spacial score (nSPS) is 10.2. The fourth-order valence-electron chi connectivity index (χ4n) is 3.22. The highest BCUT2D eigenvalue weighted by Crippen LogP contribution is 2.25. The topological polar surface area (TPSA) is 52.6 Å². The molecule has 0 radical (unpaired) electrons. The summed E-state index contributed by atoms with van der Waals surface area (Å²) in [4.78, 5) is 22.4. The number of esters is 2. The molecule has 0 aromatic heterocycles. The van der Waals surface area contributed by atoms with Crippen LogP contribution in [0.15, 0.2) is 67.8 Å². The third-order valence-corrected chi connectivity index (χ3v) is 4.85. The Kier molecular flexibility index (Phi) is 27.2. The summed E-state index contributed by atoms with van der Waals surface area (Å²) in [7, 11) is 0. The molecule has 1 rings (SSSR count). The molecule has 0 aliphatic carbocycles. The minimum atomic E-state index is -0.387. The minimum Gasteiger partial charge on any atom is -0.427 e. The van der Waals surface area contributed by atoms with E-state index in [0.717, 1.165) is 44.1 Å². The summed E-state index contributed by atoms with van der Waals surface area (Å²) in [5, 5.41) is 0. The van der Waals surface area contributed by atoms with Crippen LogP contribution in [0.3, 0.4) is 0 Å². The number of unbranched alkanes of at least 4 members (excludes halogenated alkanes) is 7. The van der Waals surface area contributed by atoms with Crippen LogP contribution in [-0.2, 0) is 16.0 Å². The first-order valence-electron chi connectivity index (χ1n) is 13.8. The molecule has 0 aliphatic heterocycles. The molecular formula is C33H52O4. The van der Waals surface area contributed by atoms with Crippen LogP contribution in [0.4, 0.5) is 0 Å². The van der Waals surface area contributed by atoms with Crippen molar-refractivity contribution in [3.8, 4) is 11.5 Å². The second-order valence-electron chi connectivity index (χ2n) is 8.76. The number of carbonyl (C=O) groups excluding carboxylic acids is 2. The highest BCUT2D eigenvalue weighted by Gasteiger charge is 2.07. The average Bonchev–Trinajstić information content (AvgIpc) is 2.82. The van der Waals surface area contributed by atoms with Gasteiger partial charge in [-0.3, -0.25) is 9.59 Å². The van der Waals surface area contributed by atoms with Gasteiger partial charge >= 0.3 is 11.9 Å². The molecule has 0 spiro atoms. The second-order valence-corrected chi connectivity index (χ2v) is 8.76. The van der Waals surface area contributed by atoms with Gasteiger partial charge in [0.25, 0.3) is 0 Å². The van der Waals surface area contributed by atoms with Crippen molar-refractivity contribution in [3.63, 3.8) is 0 Å². The number of hydrogen-bond acceptors (Lipinski definition) is 4. The third kappa shape index (κ3) is 27.6. The molecule has 0 saturated carbocycles. The molecule has 0 heterocycles. The van der Waals surface area contributed by atoms with E-state index in [1.54, 1.807) is 12.1 Å². The van der Waals surface area contributed by atoms with Crippen LogP contribution >= 0.6 is 0 Å². The minimum absolute atomic E-state index is 0.387. The van der Waals surface area contributed by atoms with E-state index in [9.17, 15) is 9.59 Å². The summed E-state index contributed by atoms with van der Waals surface area (Å²) >= 11 is 0. The Morgan fingerprint density at radius 3 is 1.68 bits per heavy atom. The first kappa shape index (κ1) is 36.3. The first-order chi connectivity index (χ1) is 17.8. The lowest BCUT2D eigenvalue weighted by atomic mass is 10.0. The molecule has 0 bridgehead atoms. The molecule has 37 heavy (non-hydrogen) atoms. The van der Waals surface area contributed by atoms with Crippen LogP contribution in [0, 0.1) is 0 Å². The van der Waals surface area contributed by atoms with Crippen molar-refractivity contribution < 1.29 is 19.1 Å². The molecule has 4 nitrogen and oxygen atoms in total. The summed E-state index contributed by atoms with van der Waals surface area (Å²) in [6.07, 6.45) is 26.4. The van der Waals surface area contributed by atoms with Crippen LogP contribution in [0.5, 0.6) is 11.5 Å². The van der Waals surface area contributed by atoms with Crippen molar-refractivity contribution in [1.82, 2.24) is 0 Å². The number of benzene rings is 1. The van der Waals surface area contributed by atoms with Gasteiger partial charge in [0.15, 0.2) is 0 Å². The first-order valence-corrected chi connectivity index (χ1v) is 13.8. The average molecular weight is 513 g/mol. The molecule has 0 amide bonds. The molecule has 4 heteroatoms. The molecule has 0 N–H and O–H groups in total. The lowest BCUT2D eigenvalue weighted by molar-refractivity contribution is -0.132. The Labute approximate surface area is 227 Å². The van der Waals surface area contributed by atoms with Gasteiger partial charge in [0, 0.05) is 19.9 Å². The van der Waals surface area contributed by atoms with Crippen LogP contribution in [0.2, 0.25) is 0 Å². The third-order valence-electron chi connectivity index (χ3n) is 4.85. The van der Waals surface area contributed by atoms with Crippen molar-refractivity contribution in [3.05, 3.63) is 73.4 Å². The van der Waals surface area contributed by atoms with Gasteiger partial charge in [-0.2, -0.15) is 0 Å². The van der Waals surface area contributed by atoms with Crippen molar-refractivity contribution >= 4 is 11.9 Å². The lowest BCUT2D eigenvalue weighted by Crippen LogP contribution is -2.05. The fourth-order valence-corrected chi connectivity index (χ4v) is 3.22. The summed E-state index contributed by atoms with van der Waals surface area (Å²) in [6, 6.07) is 5.25. The van der Waals surface area contributed by atoms with Crippen molar-refractivity contribution in [2.24, 2.45) is 0 Å². The van der Waals surface area contributed by atoms with Crippen LogP contribution in [0.25, 0.3) is 0 Å². The van der Waals surface area contributed by atoms with Gasteiger partial charge in [-0.25, -0.2) is 0 Å². The molecule has 0 aliphatic rings. The lowest BCUT2D eigenvalue weighted by Gasteiger charge is -2.09. The van der Waals surface area contributed by atoms with E-state index in [1.165, 1.54) is 52.4 Å². The Bertz CT molecular complexity index is 755.